The minimum atomic E-state index is -0.0740. The Morgan fingerprint density at radius 3 is 2.13 bits per heavy atom. The van der Waals surface area contributed by atoms with Crippen LogP contribution >= 0.6 is 0 Å². The highest BCUT2D eigenvalue weighted by molar-refractivity contribution is 5.63. The summed E-state index contributed by atoms with van der Waals surface area (Å²) < 4.78 is 30.6. The van der Waals surface area contributed by atoms with Crippen LogP contribution in [0, 0.1) is 0 Å². The molecule has 0 amide bonds. The van der Waals surface area contributed by atoms with Gasteiger partial charge in [-0.15, -0.1) is 0 Å². The molecule has 0 spiro atoms. The van der Waals surface area contributed by atoms with Crippen molar-refractivity contribution in [2.24, 2.45) is 0 Å². The first kappa shape index (κ1) is 29.3. The van der Waals surface area contributed by atoms with Crippen LogP contribution in [0.1, 0.15) is 45.5 Å². The second-order valence-corrected chi connectivity index (χ2v) is 12.3. The molecule has 4 heterocycles. The van der Waals surface area contributed by atoms with E-state index in [0.29, 0.717) is 40.9 Å². The van der Waals surface area contributed by atoms with Gasteiger partial charge in [-0.2, -0.15) is 0 Å². The Balaban J connectivity index is 1.46. The number of ether oxygens (including phenoxy) is 5. The van der Waals surface area contributed by atoms with E-state index in [9.17, 15) is 5.11 Å². The maximum atomic E-state index is 11.6. The van der Waals surface area contributed by atoms with Gasteiger partial charge < -0.3 is 28.8 Å². The summed E-state index contributed by atoms with van der Waals surface area (Å²) in [7, 11) is 9.20. The lowest BCUT2D eigenvalue weighted by atomic mass is 9.87. The zero-order chi connectivity index (χ0) is 31.2. The van der Waals surface area contributed by atoms with Crippen molar-refractivity contribution in [3.05, 3.63) is 94.0 Å². The first-order chi connectivity index (χ1) is 21.9. The number of phenolic OH excluding ortho intramolecular Hbond substituents is 1. The van der Waals surface area contributed by atoms with Crippen molar-refractivity contribution in [3.8, 4) is 46.0 Å². The molecule has 0 aromatic heterocycles. The van der Waals surface area contributed by atoms with Crippen LogP contribution in [0.2, 0.25) is 0 Å². The number of hydrogen-bond donors (Lipinski definition) is 1. The third-order valence-electron chi connectivity index (χ3n) is 9.64. The summed E-state index contributed by atoms with van der Waals surface area (Å²) in [4.78, 5) is 4.71. The van der Waals surface area contributed by atoms with Crippen molar-refractivity contribution in [2.75, 3.05) is 48.5 Å². The summed E-state index contributed by atoms with van der Waals surface area (Å²) in [6.45, 7) is 1.79. The number of hydrogen-bond acceptors (Lipinski definition) is 8. The van der Waals surface area contributed by atoms with Crippen LogP contribution in [0.3, 0.4) is 0 Å². The highest BCUT2D eigenvalue weighted by atomic mass is 16.5. The minimum absolute atomic E-state index is 0.0162. The van der Waals surface area contributed by atoms with Crippen molar-refractivity contribution in [3.63, 3.8) is 0 Å². The van der Waals surface area contributed by atoms with Gasteiger partial charge in [-0.25, -0.2) is 0 Å². The van der Waals surface area contributed by atoms with Gasteiger partial charge in [-0.3, -0.25) is 9.80 Å². The highest BCUT2D eigenvalue weighted by Crippen LogP contribution is 2.51. The van der Waals surface area contributed by atoms with Crippen LogP contribution in [-0.4, -0.2) is 63.4 Å². The summed E-state index contributed by atoms with van der Waals surface area (Å²) in [5.74, 6) is 4.10. The molecule has 8 heteroatoms. The standard InChI is InChI=1S/C37H40N2O6/c1-38-13-11-24-19-32(42-4)33-21-27(24)28(38)16-22-7-6-8-26(15-22)44-30-10-9-23(18-31(30)41-3)17-29-35-25(12-14-39(29)2)20-34(43-5)36(40)37(35)45-33/h6-10,15,18-21,28-29,40H,11-14,16-17H2,1-5H3/t28-,29+/m0/s1. The van der Waals surface area contributed by atoms with Crippen LogP contribution in [0.4, 0.5) is 0 Å². The number of rotatable bonds is 3. The average Bonchev–Trinajstić information content (AvgIpc) is 3.05. The van der Waals surface area contributed by atoms with Gasteiger partial charge in [-0.05, 0) is 110 Å². The molecular formula is C37H40N2O6. The van der Waals surface area contributed by atoms with Gasteiger partial charge in [0.05, 0.1) is 21.3 Å². The van der Waals surface area contributed by atoms with Crippen LogP contribution < -0.4 is 23.7 Å². The van der Waals surface area contributed by atoms with Gasteiger partial charge in [0.1, 0.15) is 5.75 Å². The predicted octanol–water partition coefficient (Wildman–Crippen LogP) is 6.86. The Morgan fingerprint density at radius 2 is 1.36 bits per heavy atom. The lowest BCUT2D eigenvalue weighted by molar-refractivity contribution is 0.220. The van der Waals surface area contributed by atoms with Crippen LogP contribution in [0.5, 0.6) is 46.0 Å². The predicted molar refractivity (Wildman–Crippen MR) is 173 cm³/mol. The van der Waals surface area contributed by atoms with E-state index in [0.717, 1.165) is 60.4 Å². The summed E-state index contributed by atoms with van der Waals surface area (Å²) >= 11 is 0. The summed E-state index contributed by atoms with van der Waals surface area (Å²) in [6, 6.07) is 20.6. The molecule has 8 rings (SSSR count). The van der Waals surface area contributed by atoms with Crippen molar-refractivity contribution < 1.29 is 28.8 Å². The molecule has 234 valence electrons. The minimum Gasteiger partial charge on any atom is -0.502 e. The molecule has 4 aromatic rings. The first-order valence-electron chi connectivity index (χ1n) is 15.5. The molecule has 8 nitrogen and oxygen atoms in total. The lowest BCUT2D eigenvalue weighted by Gasteiger charge is -2.37. The average molecular weight is 609 g/mol. The fourth-order valence-corrected chi connectivity index (χ4v) is 7.13. The van der Waals surface area contributed by atoms with E-state index >= 15 is 0 Å². The zero-order valence-corrected chi connectivity index (χ0v) is 26.6. The van der Waals surface area contributed by atoms with Crippen molar-refractivity contribution in [1.82, 2.24) is 9.80 Å². The van der Waals surface area contributed by atoms with E-state index in [4.69, 9.17) is 23.7 Å². The molecule has 0 unspecified atom stereocenters. The van der Waals surface area contributed by atoms with E-state index in [2.05, 4.69) is 54.2 Å². The van der Waals surface area contributed by atoms with Crippen LogP contribution in [0.15, 0.2) is 60.7 Å². The van der Waals surface area contributed by atoms with E-state index in [1.54, 1.807) is 21.3 Å². The fourth-order valence-electron chi connectivity index (χ4n) is 7.13. The molecule has 0 radical (unpaired) electrons. The maximum Gasteiger partial charge on any atom is 0.201 e. The number of nitrogens with zero attached hydrogens (tertiary/aromatic N) is 2. The van der Waals surface area contributed by atoms with Crippen LogP contribution in [0.25, 0.3) is 0 Å². The smallest absolute Gasteiger partial charge is 0.201 e. The third kappa shape index (κ3) is 5.32. The molecule has 0 aliphatic carbocycles. The maximum absolute atomic E-state index is 11.6. The molecule has 2 atom stereocenters. The monoisotopic (exact) mass is 608 g/mol. The molecule has 45 heavy (non-hydrogen) atoms. The van der Waals surface area contributed by atoms with E-state index in [1.165, 1.54) is 11.1 Å². The number of aromatic hydroxyl groups is 1. The van der Waals surface area contributed by atoms with Gasteiger partial charge in [0.25, 0.3) is 0 Å². The molecule has 6 bridgehead atoms. The lowest BCUT2D eigenvalue weighted by Crippen LogP contribution is -2.34. The largest absolute Gasteiger partial charge is 0.502 e. The topological polar surface area (TPSA) is 72.9 Å². The normalized spacial score (nSPS) is 19.4. The molecule has 0 fully saturated rings. The van der Waals surface area contributed by atoms with E-state index < -0.39 is 0 Å². The van der Waals surface area contributed by atoms with Crippen molar-refractivity contribution in [1.29, 1.82) is 0 Å². The molecule has 0 saturated heterocycles. The van der Waals surface area contributed by atoms with E-state index in [1.807, 2.05) is 30.3 Å². The van der Waals surface area contributed by atoms with Crippen LogP contribution in [-0.2, 0) is 25.7 Å². The summed E-state index contributed by atoms with van der Waals surface area (Å²) in [6.07, 6.45) is 3.17. The quantitative estimate of drug-likeness (QED) is 0.271. The molecule has 1 N–H and O–H groups in total. The summed E-state index contributed by atoms with van der Waals surface area (Å²) in [5, 5.41) is 11.6. The Morgan fingerprint density at radius 1 is 0.689 bits per heavy atom. The molecule has 4 aromatic carbocycles. The Labute approximate surface area is 264 Å². The fraction of sp³-hybridized carbons (Fsp3) is 0.351. The highest BCUT2D eigenvalue weighted by Gasteiger charge is 2.34. The van der Waals surface area contributed by atoms with Gasteiger partial charge in [-0.1, -0.05) is 18.2 Å². The number of likely N-dealkylation sites (N-methyl/N-ethyl adjacent to an activating group) is 2. The number of benzene rings is 4. The zero-order valence-electron chi connectivity index (χ0n) is 26.6. The van der Waals surface area contributed by atoms with Gasteiger partial charge in [0, 0.05) is 30.7 Å². The van der Waals surface area contributed by atoms with Crippen molar-refractivity contribution in [2.45, 2.75) is 37.8 Å². The molecule has 4 aliphatic heterocycles. The number of phenols is 1. The van der Waals surface area contributed by atoms with Crippen molar-refractivity contribution >= 4 is 0 Å². The van der Waals surface area contributed by atoms with Gasteiger partial charge in [0.15, 0.2) is 34.5 Å². The second-order valence-electron chi connectivity index (χ2n) is 12.3. The molecular weight excluding hydrogens is 568 g/mol. The van der Waals surface area contributed by atoms with E-state index in [-0.39, 0.29) is 17.8 Å². The molecule has 0 saturated carbocycles. The molecule has 4 aliphatic rings. The Kier molecular flexibility index (Phi) is 7.71. The SMILES string of the molecule is COc1cc2ccc1Oc1cccc(c1)C[C@H]1c3cc(c(OC)cc3CCN1C)Oc1c(O)c(OC)cc3c1[C@@H](C2)N(C)CC3. The van der Waals surface area contributed by atoms with Gasteiger partial charge >= 0.3 is 0 Å². The first-order valence-corrected chi connectivity index (χ1v) is 15.5. The Bertz CT molecular complexity index is 1750. The second kappa shape index (κ2) is 11.8. The third-order valence-corrected chi connectivity index (χ3v) is 9.64. The summed E-state index contributed by atoms with van der Waals surface area (Å²) in [5.41, 5.74) is 6.72. The Hall–Kier alpha value is -4.40. The number of fused-ring (bicyclic) bond motifs is 2. The number of methoxy groups -OCH3 is 3. The van der Waals surface area contributed by atoms with Gasteiger partial charge in [0.2, 0.25) is 5.75 Å².